The zero-order chi connectivity index (χ0) is 8.97. The Bertz CT molecular complexity index is 241. The molecule has 0 atom stereocenters. The fourth-order valence-electron chi connectivity index (χ4n) is 1.10. The number of nitrogens with zero attached hydrogens (tertiary/aromatic N) is 2. The molecule has 0 aliphatic carbocycles. The second-order valence-corrected chi connectivity index (χ2v) is 3.20. The van der Waals surface area contributed by atoms with Crippen LogP contribution in [-0.4, -0.2) is 23.8 Å². The topological polar surface area (TPSA) is 15.6 Å². The second kappa shape index (κ2) is 4.45. The summed E-state index contributed by atoms with van der Waals surface area (Å²) in [7, 11) is 0. The predicted molar refractivity (Wildman–Crippen MR) is 56.5 cm³/mol. The largest absolute Gasteiger partial charge is 0.330 e. The van der Waals surface area contributed by atoms with Crippen molar-refractivity contribution in [2.45, 2.75) is 13.8 Å². The molecular weight excluding hydrogens is 216 g/mol. The van der Waals surface area contributed by atoms with Gasteiger partial charge in [0.05, 0.1) is 6.54 Å². The number of amidine groups is 1. The SMILES string of the molecule is BrC1=CN2CCN=C2C=C1.CC. The summed E-state index contributed by atoms with van der Waals surface area (Å²) in [4.78, 5) is 6.43. The van der Waals surface area contributed by atoms with E-state index in [0.29, 0.717) is 0 Å². The summed E-state index contributed by atoms with van der Waals surface area (Å²) in [6.45, 7) is 5.95. The lowest BCUT2D eigenvalue weighted by atomic mass is 10.3. The Morgan fingerprint density at radius 3 is 2.92 bits per heavy atom. The lowest BCUT2D eigenvalue weighted by Gasteiger charge is -2.15. The summed E-state index contributed by atoms with van der Waals surface area (Å²) in [6, 6.07) is 0. The zero-order valence-electron chi connectivity index (χ0n) is 7.42. The van der Waals surface area contributed by atoms with Crippen LogP contribution in [-0.2, 0) is 0 Å². The molecule has 3 heteroatoms. The number of hydrogen-bond acceptors (Lipinski definition) is 2. The molecular formula is C9H13BrN2. The highest BCUT2D eigenvalue weighted by Crippen LogP contribution is 2.17. The van der Waals surface area contributed by atoms with Crippen molar-refractivity contribution in [3.05, 3.63) is 22.8 Å². The van der Waals surface area contributed by atoms with Gasteiger partial charge in [0.25, 0.3) is 0 Å². The van der Waals surface area contributed by atoms with Gasteiger partial charge in [-0.3, -0.25) is 4.99 Å². The zero-order valence-corrected chi connectivity index (χ0v) is 9.00. The molecule has 0 bridgehead atoms. The first-order valence-electron chi connectivity index (χ1n) is 4.23. The number of halogens is 1. The van der Waals surface area contributed by atoms with E-state index in [1.54, 1.807) is 0 Å². The second-order valence-electron chi connectivity index (χ2n) is 2.28. The Balaban J connectivity index is 0.000000336. The van der Waals surface area contributed by atoms with Gasteiger partial charge in [-0.2, -0.15) is 0 Å². The Morgan fingerprint density at radius 2 is 2.17 bits per heavy atom. The van der Waals surface area contributed by atoms with Crippen LogP contribution < -0.4 is 0 Å². The Morgan fingerprint density at radius 1 is 1.42 bits per heavy atom. The van der Waals surface area contributed by atoms with Gasteiger partial charge in [-0.1, -0.05) is 13.8 Å². The van der Waals surface area contributed by atoms with Gasteiger partial charge < -0.3 is 4.90 Å². The maximum Gasteiger partial charge on any atom is 0.127 e. The van der Waals surface area contributed by atoms with E-state index >= 15 is 0 Å². The first-order chi connectivity index (χ1) is 5.86. The fourth-order valence-corrected chi connectivity index (χ4v) is 1.48. The molecule has 0 saturated carbocycles. The van der Waals surface area contributed by atoms with E-state index in [0.717, 1.165) is 23.4 Å². The van der Waals surface area contributed by atoms with Gasteiger partial charge in [-0.15, -0.1) is 0 Å². The first-order valence-corrected chi connectivity index (χ1v) is 5.02. The van der Waals surface area contributed by atoms with E-state index in [4.69, 9.17) is 0 Å². The van der Waals surface area contributed by atoms with Crippen molar-refractivity contribution < 1.29 is 0 Å². The summed E-state index contributed by atoms with van der Waals surface area (Å²) in [6.07, 6.45) is 6.10. The molecule has 2 aliphatic rings. The van der Waals surface area contributed by atoms with Gasteiger partial charge in [0.1, 0.15) is 5.84 Å². The molecule has 0 amide bonds. The molecule has 0 spiro atoms. The Kier molecular flexibility index (Phi) is 3.53. The van der Waals surface area contributed by atoms with Gasteiger partial charge >= 0.3 is 0 Å². The van der Waals surface area contributed by atoms with Crippen LogP contribution in [0.15, 0.2) is 27.8 Å². The van der Waals surface area contributed by atoms with Crippen LogP contribution in [0, 0.1) is 0 Å². The number of hydrogen-bond donors (Lipinski definition) is 0. The summed E-state index contributed by atoms with van der Waals surface area (Å²) in [5, 5.41) is 0. The van der Waals surface area contributed by atoms with Crippen molar-refractivity contribution in [2.75, 3.05) is 13.1 Å². The lowest BCUT2D eigenvalue weighted by molar-refractivity contribution is 0.610. The van der Waals surface area contributed by atoms with Crippen LogP contribution in [0.1, 0.15) is 13.8 Å². The molecule has 66 valence electrons. The van der Waals surface area contributed by atoms with Crippen LogP contribution in [0.5, 0.6) is 0 Å². The summed E-state index contributed by atoms with van der Waals surface area (Å²) >= 11 is 3.40. The maximum absolute atomic E-state index is 4.28. The highest BCUT2D eigenvalue weighted by atomic mass is 79.9. The average Bonchev–Trinajstić information content (AvgIpc) is 2.54. The third kappa shape index (κ3) is 1.97. The van der Waals surface area contributed by atoms with E-state index in [9.17, 15) is 0 Å². The minimum absolute atomic E-state index is 0.927. The van der Waals surface area contributed by atoms with Crippen LogP contribution >= 0.6 is 15.9 Å². The molecule has 12 heavy (non-hydrogen) atoms. The van der Waals surface area contributed by atoms with Gasteiger partial charge in [0.2, 0.25) is 0 Å². The average molecular weight is 229 g/mol. The van der Waals surface area contributed by atoms with Gasteiger partial charge in [-0.05, 0) is 28.1 Å². The van der Waals surface area contributed by atoms with Gasteiger partial charge in [0, 0.05) is 17.2 Å². The normalized spacial score (nSPS) is 19.1. The monoisotopic (exact) mass is 228 g/mol. The Labute approximate surface area is 81.8 Å². The van der Waals surface area contributed by atoms with Crippen LogP contribution in [0.3, 0.4) is 0 Å². The number of allylic oxidation sites excluding steroid dienone is 2. The molecule has 0 N–H and O–H groups in total. The predicted octanol–water partition coefficient (Wildman–Crippen LogP) is 2.53. The molecule has 0 fully saturated rings. The molecule has 2 heterocycles. The molecule has 2 rings (SSSR count). The third-order valence-electron chi connectivity index (χ3n) is 1.58. The van der Waals surface area contributed by atoms with E-state index in [1.165, 1.54) is 0 Å². The Hall–Kier alpha value is -0.570. The third-order valence-corrected chi connectivity index (χ3v) is 2.05. The quantitative estimate of drug-likeness (QED) is 0.623. The summed E-state index contributed by atoms with van der Waals surface area (Å²) in [5.74, 6) is 1.09. The van der Waals surface area contributed by atoms with E-state index in [-0.39, 0.29) is 0 Å². The van der Waals surface area contributed by atoms with Crippen LogP contribution in [0.4, 0.5) is 0 Å². The lowest BCUT2D eigenvalue weighted by Crippen LogP contribution is -2.21. The van der Waals surface area contributed by atoms with Crippen molar-refractivity contribution >= 4 is 21.8 Å². The van der Waals surface area contributed by atoms with Crippen molar-refractivity contribution in [2.24, 2.45) is 4.99 Å². The maximum atomic E-state index is 4.28. The molecule has 0 saturated heterocycles. The molecule has 0 aromatic heterocycles. The van der Waals surface area contributed by atoms with Crippen molar-refractivity contribution in [3.63, 3.8) is 0 Å². The number of fused-ring (bicyclic) bond motifs is 1. The van der Waals surface area contributed by atoms with Gasteiger partial charge in [-0.25, -0.2) is 0 Å². The van der Waals surface area contributed by atoms with E-state index < -0.39 is 0 Å². The molecule has 2 nitrogen and oxygen atoms in total. The van der Waals surface area contributed by atoms with Crippen LogP contribution in [0.2, 0.25) is 0 Å². The standard InChI is InChI=1S/C7H7BrN2.C2H6/c8-6-1-2-7-9-3-4-10(7)5-6;1-2/h1-2,5H,3-4H2;1-2H3. The van der Waals surface area contributed by atoms with E-state index in [2.05, 4.69) is 32.0 Å². The molecule has 0 aromatic carbocycles. The number of rotatable bonds is 0. The molecule has 0 unspecified atom stereocenters. The highest BCUT2D eigenvalue weighted by molar-refractivity contribution is 9.11. The molecule has 0 aromatic rings. The first kappa shape index (κ1) is 9.52. The minimum Gasteiger partial charge on any atom is -0.330 e. The van der Waals surface area contributed by atoms with Gasteiger partial charge in [0.15, 0.2) is 0 Å². The van der Waals surface area contributed by atoms with E-state index in [1.807, 2.05) is 26.0 Å². The number of aliphatic imine (C=N–C) groups is 1. The van der Waals surface area contributed by atoms with Crippen molar-refractivity contribution in [1.29, 1.82) is 0 Å². The minimum atomic E-state index is 0.927. The van der Waals surface area contributed by atoms with Crippen molar-refractivity contribution in [3.8, 4) is 0 Å². The molecule has 2 aliphatic heterocycles. The molecule has 0 radical (unpaired) electrons. The summed E-state index contributed by atoms with van der Waals surface area (Å²) < 4.78 is 1.12. The fraction of sp³-hybridized carbons (Fsp3) is 0.444. The smallest absolute Gasteiger partial charge is 0.127 e. The summed E-state index contributed by atoms with van der Waals surface area (Å²) in [5.41, 5.74) is 0. The van der Waals surface area contributed by atoms with Crippen molar-refractivity contribution in [1.82, 2.24) is 4.90 Å². The highest BCUT2D eigenvalue weighted by Gasteiger charge is 2.14. The van der Waals surface area contributed by atoms with Crippen LogP contribution in [0.25, 0.3) is 0 Å².